The number of pyridine rings is 1. The zero-order valence-electron chi connectivity index (χ0n) is 34.4. The maximum absolute atomic E-state index is 6.69. The van der Waals surface area contributed by atoms with E-state index in [1.165, 1.54) is 5.39 Å². The van der Waals surface area contributed by atoms with Crippen molar-refractivity contribution in [2.45, 2.75) is 0 Å². The molecule has 0 aliphatic heterocycles. The van der Waals surface area contributed by atoms with E-state index in [1.807, 2.05) is 42.5 Å². The minimum absolute atomic E-state index is 0.669. The van der Waals surface area contributed by atoms with Crippen molar-refractivity contribution in [1.82, 2.24) is 15.0 Å². The Labute approximate surface area is 367 Å². The van der Waals surface area contributed by atoms with E-state index in [0.717, 1.165) is 122 Å². The minimum atomic E-state index is 0.669. The van der Waals surface area contributed by atoms with Crippen LogP contribution in [-0.2, 0) is 0 Å². The van der Waals surface area contributed by atoms with Crippen LogP contribution in [0.5, 0.6) is 0 Å². The van der Waals surface area contributed by atoms with Gasteiger partial charge in [-0.2, -0.15) is 0 Å². The Morgan fingerprint density at radius 3 is 1.75 bits per heavy atom. The molecule has 13 rings (SSSR count). The molecule has 0 spiro atoms. The summed E-state index contributed by atoms with van der Waals surface area (Å²) in [7, 11) is 0. The van der Waals surface area contributed by atoms with Crippen molar-refractivity contribution in [1.29, 1.82) is 0 Å². The predicted molar refractivity (Wildman–Crippen MR) is 262 cm³/mol. The van der Waals surface area contributed by atoms with Gasteiger partial charge in [-0.05, 0) is 63.9 Å². The van der Waals surface area contributed by atoms with E-state index in [4.69, 9.17) is 23.8 Å². The second-order valence-electron chi connectivity index (χ2n) is 16.3. The van der Waals surface area contributed by atoms with Gasteiger partial charge in [-0.3, -0.25) is 0 Å². The van der Waals surface area contributed by atoms with Crippen LogP contribution in [0.25, 0.3) is 133 Å². The number of furan rings is 2. The molecule has 64 heavy (non-hydrogen) atoms. The second-order valence-corrected chi connectivity index (χ2v) is 16.3. The fourth-order valence-corrected chi connectivity index (χ4v) is 9.39. The van der Waals surface area contributed by atoms with Crippen LogP contribution in [0.15, 0.2) is 221 Å². The highest BCUT2D eigenvalue weighted by Gasteiger charge is 2.20. The van der Waals surface area contributed by atoms with Gasteiger partial charge in [-0.15, -0.1) is 0 Å². The molecule has 5 nitrogen and oxygen atoms in total. The van der Waals surface area contributed by atoms with E-state index in [-0.39, 0.29) is 0 Å². The largest absolute Gasteiger partial charge is 0.455 e. The maximum Gasteiger partial charge on any atom is 0.162 e. The van der Waals surface area contributed by atoms with Crippen molar-refractivity contribution >= 4 is 65.6 Å². The van der Waals surface area contributed by atoms with Gasteiger partial charge in [0.05, 0.1) is 16.9 Å². The maximum atomic E-state index is 6.69. The molecule has 0 N–H and O–H groups in total. The van der Waals surface area contributed by atoms with Crippen LogP contribution >= 0.6 is 0 Å². The van der Waals surface area contributed by atoms with Gasteiger partial charge in [0.15, 0.2) is 11.4 Å². The zero-order chi connectivity index (χ0) is 42.1. The fourth-order valence-electron chi connectivity index (χ4n) is 9.39. The molecule has 4 aromatic heterocycles. The molecule has 9 aromatic carbocycles. The molecular formula is C59H35N3O2. The molecule has 5 heteroatoms. The first-order valence-corrected chi connectivity index (χ1v) is 21.5. The molecule has 298 valence electrons. The highest BCUT2D eigenvalue weighted by Crippen LogP contribution is 2.43. The van der Waals surface area contributed by atoms with Gasteiger partial charge in [-0.25, -0.2) is 15.0 Å². The summed E-state index contributed by atoms with van der Waals surface area (Å²) in [6.45, 7) is 0. The normalized spacial score (nSPS) is 11.8. The lowest BCUT2D eigenvalue weighted by Crippen LogP contribution is -1.96. The molecule has 13 aromatic rings. The summed E-state index contributed by atoms with van der Waals surface area (Å²) in [5.41, 5.74) is 15.1. The molecule has 0 radical (unpaired) electrons. The third kappa shape index (κ3) is 5.90. The van der Waals surface area contributed by atoms with E-state index in [9.17, 15) is 0 Å². The third-order valence-corrected chi connectivity index (χ3v) is 12.5. The van der Waals surface area contributed by atoms with E-state index in [2.05, 4.69) is 170 Å². The van der Waals surface area contributed by atoms with Crippen LogP contribution in [-0.4, -0.2) is 15.0 Å². The first-order chi connectivity index (χ1) is 31.7. The smallest absolute Gasteiger partial charge is 0.162 e. The monoisotopic (exact) mass is 817 g/mol. The summed E-state index contributed by atoms with van der Waals surface area (Å²) in [5.74, 6) is 0.669. The van der Waals surface area contributed by atoms with Gasteiger partial charge in [-0.1, -0.05) is 176 Å². The highest BCUT2D eigenvalue weighted by atomic mass is 16.3. The average molecular weight is 818 g/mol. The van der Waals surface area contributed by atoms with Crippen LogP contribution in [0, 0.1) is 0 Å². The number of nitrogens with zero attached hydrogens (tertiary/aromatic N) is 3. The summed E-state index contributed by atoms with van der Waals surface area (Å²) in [4.78, 5) is 15.7. The molecule has 4 heterocycles. The number of aromatic nitrogens is 3. The van der Waals surface area contributed by atoms with Gasteiger partial charge in [0.1, 0.15) is 22.4 Å². The number of para-hydroxylation sites is 3. The molecule has 0 unspecified atom stereocenters. The van der Waals surface area contributed by atoms with Crippen LogP contribution in [0.2, 0.25) is 0 Å². The fraction of sp³-hybridized carbons (Fsp3) is 0. The summed E-state index contributed by atoms with van der Waals surface area (Å²) in [6.07, 6.45) is 0. The van der Waals surface area contributed by atoms with E-state index >= 15 is 0 Å². The third-order valence-electron chi connectivity index (χ3n) is 12.5. The predicted octanol–water partition coefficient (Wildman–Crippen LogP) is 16.0. The van der Waals surface area contributed by atoms with Crippen LogP contribution in [0.4, 0.5) is 0 Å². The van der Waals surface area contributed by atoms with Gasteiger partial charge >= 0.3 is 0 Å². The molecule has 0 aliphatic carbocycles. The highest BCUT2D eigenvalue weighted by molar-refractivity contribution is 6.22. The van der Waals surface area contributed by atoms with Crippen molar-refractivity contribution in [2.75, 3.05) is 0 Å². The lowest BCUT2D eigenvalue weighted by atomic mass is 9.96. The summed E-state index contributed by atoms with van der Waals surface area (Å²) < 4.78 is 13.1. The van der Waals surface area contributed by atoms with E-state index in [1.54, 1.807) is 0 Å². The first-order valence-electron chi connectivity index (χ1n) is 21.5. The number of hydrogen-bond donors (Lipinski definition) is 0. The number of rotatable bonds is 6. The van der Waals surface area contributed by atoms with Crippen LogP contribution < -0.4 is 0 Å². The number of benzene rings is 9. The number of fused-ring (bicyclic) bond motifs is 9. The minimum Gasteiger partial charge on any atom is -0.455 e. The summed E-state index contributed by atoms with van der Waals surface area (Å²) >= 11 is 0. The van der Waals surface area contributed by atoms with Gasteiger partial charge in [0.25, 0.3) is 0 Å². The molecule has 0 amide bonds. The standard InChI is InChI=1S/C59H35N3O2/c1-2-14-39(15-3-1)59-61-51(38-29-27-37(28-30-38)44-22-12-24-47-45-20-6-8-25-53(45)63-57(44)47)35-52(62-59)42-18-10-17-40(33-42)41-31-32-50-49(34-41)55-48-21-7-9-26-54(48)64-58(55)56(60-50)46-23-11-16-36-13-4-5-19-43(36)46/h1-35H. The Morgan fingerprint density at radius 2 is 0.891 bits per heavy atom. The van der Waals surface area contributed by atoms with Gasteiger partial charge in [0.2, 0.25) is 0 Å². The lowest BCUT2D eigenvalue weighted by molar-refractivity contribution is 0.668. The Bertz CT molecular complexity index is 3950. The summed E-state index contributed by atoms with van der Waals surface area (Å²) in [5, 5.41) is 7.72. The quantitative estimate of drug-likeness (QED) is 0.167. The van der Waals surface area contributed by atoms with Gasteiger partial charge < -0.3 is 8.83 Å². The van der Waals surface area contributed by atoms with Crippen molar-refractivity contribution in [3.8, 4) is 67.4 Å². The SMILES string of the molecule is c1ccc(-c2nc(-c3ccc(-c4cccc5c4oc4ccccc45)cc3)cc(-c3cccc(-c4ccc5nc(-c6cccc7ccccc67)c6oc7ccccc7c6c5c4)c3)n2)cc1. The van der Waals surface area contributed by atoms with E-state index in [0.29, 0.717) is 5.82 Å². The topological polar surface area (TPSA) is 65.0 Å². The first kappa shape index (κ1) is 36.0. The molecular weight excluding hydrogens is 783 g/mol. The Kier molecular flexibility index (Phi) is 8.15. The van der Waals surface area contributed by atoms with Crippen molar-refractivity contribution < 1.29 is 8.83 Å². The van der Waals surface area contributed by atoms with Crippen LogP contribution in [0.3, 0.4) is 0 Å². The van der Waals surface area contributed by atoms with E-state index < -0.39 is 0 Å². The Hall–Kier alpha value is -8.67. The molecule has 0 aliphatic rings. The Balaban J connectivity index is 0.920. The molecule has 0 atom stereocenters. The van der Waals surface area contributed by atoms with Crippen LogP contribution in [0.1, 0.15) is 0 Å². The molecule has 0 saturated carbocycles. The molecule has 0 bridgehead atoms. The van der Waals surface area contributed by atoms with Crippen molar-refractivity contribution in [2.24, 2.45) is 0 Å². The average Bonchev–Trinajstić information content (AvgIpc) is 3.96. The lowest BCUT2D eigenvalue weighted by Gasteiger charge is -2.12. The summed E-state index contributed by atoms with van der Waals surface area (Å²) in [6, 6.07) is 73.7. The van der Waals surface area contributed by atoms with Gasteiger partial charge in [0, 0.05) is 54.7 Å². The molecule has 0 saturated heterocycles. The molecule has 0 fully saturated rings. The van der Waals surface area contributed by atoms with Crippen molar-refractivity contribution in [3.05, 3.63) is 212 Å². The van der Waals surface area contributed by atoms with Crippen molar-refractivity contribution in [3.63, 3.8) is 0 Å². The zero-order valence-corrected chi connectivity index (χ0v) is 34.4. The Morgan fingerprint density at radius 1 is 0.312 bits per heavy atom. The second kappa shape index (κ2) is 14.5. The number of hydrogen-bond acceptors (Lipinski definition) is 5.